The summed E-state index contributed by atoms with van der Waals surface area (Å²) in [6, 6.07) is 3.11. The molecule has 0 amide bonds. The summed E-state index contributed by atoms with van der Waals surface area (Å²) in [5, 5.41) is 8.73. The number of aromatic nitrogens is 1. The molecule has 0 aromatic carbocycles. The Hall–Kier alpha value is -1.05. The Labute approximate surface area is 47.8 Å². The molecule has 0 saturated carbocycles. The van der Waals surface area contributed by atoms with Crippen LogP contribution in [0.25, 0.3) is 0 Å². The maximum atomic E-state index is 8.73. The van der Waals surface area contributed by atoms with E-state index in [4.69, 9.17) is 12.0 Å². The maximum absolute atomic E-state index is 8.73. The summed E-state index contributed by atoms with van der Waals surface area (Å²) < 4.78 is 0. The van der Waals surface area contributed by atoms with Crippen molar-refractivity contribution in [3.8, 4) is 5.75 Å². The standard InChI is InChI=1S/C6H5NO/c1-5-6(8)3-2-4-7-5/h1-4,8H. The van der Waals surface area contributed by atoms with Crippen LogP contribution >= 0.6 is 0 Å². The van der Waals surface area contributed by atoms with Crippen LogP contribution in [0.3, 0.4) is 0 Å². The van der Waals surface area contributed by atoms with Crippen LogP contribution in [0.1, 0.15) is 5.69 Å². The van der Waals surface area contributed by atoms with Gasteiger partial charge in [0.15, 0.2) is 0 Å². The average molecular weight is 107 g/mol. The van der Waals surface area contributed by atoms with Gasteiger partial charge in [0, 0.05) is 13.1 Å². The van der Waals surface area contributed by atoms with Gasteiger partial charge in [-0.1, -0.05) is 0 Å². The van der Waals surface area contributed by atoms with Crippen LogP contribution in [0.2, 0.25) is 0 Å². The van der Waals surface area contributed by atoms with E-state index in [1.54, 1.807) is 6.07 Å². The van der Waals surface area contributed by atoms with Crippen molar-refractivity contribution in [2.45, 2.75) is 0 Å². The van der Waals surface area contributed by atoms with E-state index in [1.165, 1.54) is 12.3 Å². The second-order valence-corrected chi connectivity index (χ2v) is 1.41. The lowest BCUT2D eigenvalue weighted by Crippen LogP contribution is -1.76. The molecule has 2 radical (unpaired) electrons. The summed E-state index contributed by atoms with van der Waals surface area (Å²) in [6.45, 7) is 5.16. The third kappa shape index (κ3) is 0.780. The molecule has 0 aliphatic heterocycles. The predicted molar refractivity (Wildman–Crippen MR) is 29.3 cm³/mol. The zero-order valence-electron chi connectivity index (χ0n) is 4.20. The minimum atomic E-state index is 0.0347. The van der Waals surface area contributed by atoms with Gasteiger partial charge in [0.25, 0.3) is 0 Å². The first-order chi connectivity index (χ1) is 3.80. The quantitative estimate of drug-likeness (QED) is 0.533. The molecule has 0 aliphatic rings. The van der Waals surface area contributed by atoms with E-state index in [2.05, 4.69) is 4.98 Å². The molecule has 2 heteroatoms. The van der Waals surface area contributed by atoms with Crippen molar-refractivity contribution in [3.63, 3.8) is 0 Å². The van der Waals surface area contributed by atoms with Crippen LogP contribution in [0.4, 0.5) is 0 Å². The SMILES string of the molecule is [CH]c1ncccc1O. The van der Waals surface area contributed by atoms with Gasteiger partial charge < -0.3 is 5.11 Å². The molecule has 0 aliphatic carbocycles. The minimum absolute atomic E-state index is 0.0347. The van der Waals surface area contributed by atoms with E-state index < -0.39 is 0 Å². The smallest absolute Gasteiger partial charge is 0.137 e. The van der Waals surface area contributed by atoms with Gasteiger partial charge in [-0.25, -0.2) is 0 Å². The predicted octanol–water partition coefficient (Wildman–Crippen LogP) is 0.846. The lowest BCUT2D eigenvalue weighted by molar-refractivity contribution is 0.470. The Morgan fingerprint density at radius 3 is 2.75 bits per heavy atom. The minimum Gasteiger partial charge on any atom is -0.506 e. The Bertz CT molecular complexity index is 165. The zero-order chi connectivity index (χ0) is 5.98. The van der Waals surface area contributed by atoms with Crippen molar-refractivity contribution in [3.05, 3.63) is 30.9 Å². The number of hydrogen-bond acceptors (Lipinski definition) is 2. The summed E-state index contributed by atoms with van der Waals surface area (Å²) >= 11 is 0. The Kier molecular flexibility index (Phi) is 1.16. The van der Waals surface area contributed by atoms with Crippen LogP contribution in [0.15, 0.2) is 18.3 Å². The average Bonchev–Trinajstić information content (AvgIpc) is 1.77. The third-order valence-electron chi connectivity index (χ3n) is 0.816. The van der Waals surface area contributed by atoms with Crippen molar-refractivity contribution >= 4 is 0 Å². The van der Waals surface area contributed by atoms with Crippen LogP contribution in [-0.4, -0.2) is 10.1 Å². The van der Waals surface area contributed by atoms with Crippen LogP contribution in [-0.2, 0) is 0 Å². The van der Waals surface area contributed by atoms with E-state index in [9.17, 15) is 0 Å². The van der Waals surface area contributed by atoms with Crippen molar-refractivity contribution < 1.29 is 5.11 Å². The normalized spacial score (nSPS) is 9.12. The van der Waals surface area contributed by atoms with Crippen molar-refractivity contribution in [1.82, 2.24) is 4.98 Å². The van der Waals surface area contributed by atoms with Gasteiger partial charge in [-0.2, -0.15) is 0 Å². The van der Waals surface area contributed by atoms with E-state index in [-0.39, 0.29) is 11.4 Å². The summed E-state index contributed by atoms with van der Waals surface area (Å²) in [5.41, 5.74) is 0.174. The van der Waals surface area contributed by atoms with E-state index in [1.807, 2.05) is 0 Å². The fraction of sp³-hybridized carbons (Fsp3) is 0. The molecule has 2 nitrogen and oxygen atoms in total. The topological polar surface area (TPSA) is 33.1 Å². The molecule has 0 spiro atoms. The lowest BCUT2D eigenvalue weighted by atomic mass is 10.3. The largest absolute Gasteiger partial charge is 0.506 e. The maximum Gasteiger partial charge on any atom is 0.137 e. The van der Waals surface area contributed by atoms with Gasteiger partial charge >= 0.3 is 0 Å². The van der Waals surface area contributed by atoms with Gasteiger partial charge in [0.2, 0.25) is 0 Å². The van der Waals surface area contributed by atoms with Gasteiger partial charge in [-0.3, -0.25) is 4.98 Å². The van der Waals surface area contributed by atoms with Crippen LogP contribution in [0.5, 0.6) is 5.75 Å². The Morgan fingerprint density at radius 1 is 1.62 bits per heavy atom. The van der Waals surface area contributed by atoms with Gasteiger partial charge in [-0.15, -0.1) is 0 Å². The van der Waals surface area contributed by atoms with Crippen LogP contribution < -0.4 is 0 Å². The first-order valence-electron chi connectivity index (χ1n) is 2.20. The molecular weight excluding hydrogens is 102 g/mol. The highest BCUT2D eigenvalue weighted by molar-refractivity contribution is 5.26. The van der Waals surface area contributed by atoms with Crippen LogP contribution in [0, 0.1) is 6.92 Å². The number of nitrogens with zero attached hydrogens (tertiary/aromatic N) is 1. The highest BCUT2D eigenvalue weighted by Gasteiger charge is 1.89. The molecular formula is C6H5NO. The molecule has 1 rings (SSSR count). The first kappa shape index (κ1) is 5.09. The molecule has 1 aromatic rings. The third-order valence-corrected chi connectivity index (χ3v) is 0.816. The fourth-order valence-corrected chi connectivity index (χ4v) is 0.409. The van der Waals surface area contributed by atoms with Gasteiger partial charge in [-0.05, 0) is 12.1 Å². The van der Waals surface area contributed by atoms with Gasteiger partial charge in [0.05, 0.1) is 5.69 Å². The summed E-state index contributed by atoms with van der Waals surface area (Å²) in [4.78, 5) is 3.61. The number of aromatic hydroxyl groups is 1. The Morgan fingerprint density at radius 2 is 2.38 bits per heavy atom. The molecule has 0 bridgehead atoms. The molecule has 0 saturated heterocycles. The van der Waals surface area contributed by atoms with E-state index in [0.717, 1.165) is 0 Å². The molecule has 1 aromatic heterocycles. The van der Waals surface area contributed by atoms with E-state index >= 15 is 0 Å². The van der Waals surface area contributed by atoms with Crippen molar-refractivity contribution in [2.24, 2.45) is 0 Å². The molecule has 0 atom stereocenters. The first-order valence-corrected chi connectivity index (χ1v) is 2.20. The summed E-state index contributed by atoms with van der Waals surface area (Å²) in [5.74, 6) is 0.0347. The molecule has 8 heavy (non-hydrogen) atoms. The number of rotatable bonds is 0. The fourth-order valence-electron chi connectivity index (χ4n) is 0.409. The molecule has 1 heterocycles. The highest BCUT2D eigenvalue weighted by atomic mass is 16.3. The monoisotopic (exact) mass is 107 g/mol. The zero-order valence-corrected chi connectivity index (χ0v) is 4.20. The molecule has 40 valence electrons. The van der Waals surface area contributed by atoms with Crippen molar-refractivity contribution in [1.29, 1.82) is 0 Å². The highest BCUT2D eigenvalue weighted by Crippen LogP contribution is 2.08. The van der Waals surface area contributed by atoms with Gasteiger partial charge in [0.1, 0.15) is 5.75 Å². The second kappa shape index (κ2) is 1.82. The number of pyridine rings is 1. The lowest BCUT2D eigenvalue weighted by Gasteiger charge is -1.90. The van der Waals surface area contributed by atoms with E-state index in [0.29, 0.717) is 0 Å². The summed E-state index contributed by atoms with van der Waals surface area (Å²) in [7, 11) is 0. The molecule has 0 unspecified atom stereocenters. The molecule has 1 N–H and O–H groups in total. The molecule has 0 fully saturated rings. The van der Waals surface area contributed by atoms with Crippen molar-refractivity contribution in [2.75, 3.05) is 0 Å². The number of hydrogen-bond donors (Lipinski definition) is 1. The second-order valence-electron chi connectivity index (χ2n) is 1.41. The summed E-state index contributed by atoms with van der Waals surface area (Å²) in [6.07, 6.45) is 1.52. The Balaban J connectivity index is 3.13.